The summed E-state index contributed by atoms with van der Waals surface area (Å²) in [6, 6.07) is 3.33. The quantitative estimate of drug-likeness (QED) is 0.634. The van der Waals surface area contributed by atoms with Crippen LogP contribution in [0, 0.1) is 26.1 Å². The molecular weight excluding hydrogens is 334 g/mol. The largest absolute Gasteiger partial charge is 0.444 e. The summed E-state index contributed by atoms with van der Waals surface area (Å²) in [6.45, 7) is -0.683. The average Bonchev–Trinajstić information content (AvgIpc) is 2.60. The van der Waals surface area contributed by atoms with Crippen LogP contribution in [-0.4, -0.2) is 21.8 Å². The third-order valence-electron chi connectivity index (χ3n) is 4.07. The van der Waals surface area contributed by atoms with Gasteiger partial charge in [-0.3, -0.25) is 30.3 Å². The van der Waals surface area contributed by atoms with Crippen LogP contribution < -0.4 is 5.32 Å². The number of amides is 2. The number of nitrogens with zero attached hydrogens (tertiary/aromatic N) is 2. The maximum atomic E-state index is 11.9. The lowest BCUT2D eigenvalue weighted by molar-refractivity contribution is -0.396. The molecule has 0 unspecified atom stereocenters. The molecule has 1 saturated carbocycles. The first-order chi connectivity index (χ1) is 11.9. The molecule has 2 amide bonds. The SMILES string of the molecule is O=C(NC(=O)C1CCCCC1)OCc1c([N+](=O)[O-])cccc1[N+](=O)[O-]. The first-order valence-electron chi connectivity index (χ1n) is 7.78. The molecule has 0 radical (unpaired) electrons. The molecule has 1 fully saturated rings. The highest BCUT2D eigenvalue weighted by molar-refractivity contribution is 5.93. The second-order valence-electron chi connectivity index (χ2n) is 5.69. The first kappa shape index (κ1) is 18.3. The predicted octanol–water partition coefficient (Wildman–Crippen LogP) is 2.84. The van der Waals surface area contributed by atoms with E-state index < -0.39 is 39.8 Å². The summed E-state index contributed by atoms with van der Waals surface area (Å²) in [7, 11) is 0. The van der Waals surface area contributed by atoms with Crippen molar-refractivity contribution < 1.29 is 24.2 Å². The summed E-state index contributed by atoms with van der Waals surface area (Å²) in [5.74, 6) is -0.719. The summed E-state index contributed by atoms with van der Waals surface area (Å²) in [5.41, 5.74) is -1.39. The fraction of sp³-hybridized carbons (Fsp3) is 0.467. The number of nitrogens with one attached hydrogen (secondary N) is 1. The van der Waals surface area contributed by atoms with Crippen molar-refractivity contribution in [1.82, 2.24) is 5.32 Å². The summed E-state index contributed by atoms with van der Waals surface area (Å²) in [4.78, 5) is 44.1. The van der Waals surface area contributed by atoms with Gasteiger partial charge in [-0.2, -0.15) is 0 Å². The minimum atomic E-state index is -1.08. The van der Waals surface area contributed by atoms with Crippen LogP contribution in [0.3, 0.4) is 0 Å². The van der Waals surface area contributed by atoms with Crippen molar-refractivity contribution >= 4 is 23.4 Å². The van der Waals surface area contributed by atoms with Crippen LogP contribution in [0.1, 0.15) is 37.7 Å². The summed E-state index contributed by atoms with van der Waals surface area (Å²) >= 11 is 0. The lowest BCUT2D eigenvalue weighted by Gasteiger charge is -2.20. The lowest BCUT2D eigenvalue weighted by atomic mass is 9.89. The summed E-state index contributed by atoms with van der Waals surface area (Å²) in [5, 5.41) is 24.1. The van der Waals surface area contributed by atoms with Gasteiger partial charge in [0.1, 0.15) is 12.2 Å². The molecule has 0 bridgehead atoms. The van der Waals surface area contributed by atoms with Crippen LogP contribution in [0.4, 0.5) is 16.2 Å². The standard InChI is InChI=1S/C15H17N3O7/c19-14(10-5-2-1-3-6-10)16-15(20)25-9-11-12(17(21)22)7-4-8-13(11)18(23)24/h4,7-8,10H,1-3,5-6,9H2,(H,16,19,20). The topological polar surface area (TPSA) is 142 Å². The van der Waals surface area contributed by atoms with Gasteiger partial charge in [-0.25, -0.2) is 4.79 Å². The van der Waals surface area contributed by atoms with Crippen molar-refractivity contribution in [2.75, 3.05) is 0 Å². The first-order valence-corrected chi connectivity index (χ1v) is 7.78. The molecule has 10 heteroatoms. The minimum Gasteiger partial charge on any atom is -0.444 e. The zero-order valence-corrected chi connectivity index (χ0v) is 13.3. The molecule has 1 aliphatic rings. The van der Waals surface area contributed by atoms with Crippen LogP contribution >= 0.6 is 0 Å². The van der Waals surface area contributed by atoms with Crippen LogP contribution in [0.5, 0.6) is 0 Å². The Morgan fingerprint density at radius 1 is 1.08 bits per heavy atom. The number of imide groups is 1. The third kappa shape index (κ3) is 4.72. The van der Waals surface area contributed by atoms with Crippen molar-refractivity contribution in [2.45, 2.75) is 38.7 Å². The molecule has 1 aliphatic carbocycles. The van der Waals surface area contributed by atoms with Gasteiger partial charge in [0.2, 0.25) is 5.91 Å². The van der Waals surface area contributed by atoms with Crippen molar-refractivity contribution in [3.05, 3.63) is 44.0 Å². The monoisotopic (exact) mass is 351 g/mol. The average molecular weight is 351 g/mol. The lowest BCUT2D eigenvalue weighted by Crippen LogP contribution is -2.36. The van der Waals surface area contributed by atoms with Crippen LogP contribution in [-0.2, 0) is 16.1 Å². The maximum Gasteiger partial charge on any atom is 0.414 e. The molecule has 134 valence electrons. The van der Waals surface area contributed by atoms with E-state index in [0.29, 0.717) is 12.8 Å². The number of hydrogen-bond donors (Lipinski definition) is 1. The summed E-state index contributed by atoms with van der Waals surface area (Å²) < 4.78 is 4.79. The van der Waals surface area contributed by atoms with Gasteiger partial charge in [-0.1, -0.05) is 19.3 Å². The molecule has 0 spiro atoms. The normalized spacial score (nSPS) is 14.6. The number of carbonyl (C=O) groups excluding carboxylic acids is 2. The van der Waals surface area contributed by atoms with E-state index in [9.17, 15) is 29.8 Å². The highest BCUT2D eigenvalue weighted by Gasteiger charge is 2.27. The van der Waals surface area contributed by atoms with Gasteiger partial charge >= 0.3 is 6.09 Å². The predicted molar refractivity (Wildman–Crippen MR) is 84.7 cm³/mol. The van der Waals surface area contributed by atoms with Crippen molar-refractivity contribution in [2.24, 2.45) is 5.92 Å². The Morgan fingerprint density at radius 2 is 1.64 bits per heavy atom. The van der Waals surface area contributed by atoms with E-state index in [2.05, 4.69) is 5.32 Å². The molecule has 0 aromatic heterocycles. The minimum absolute atomic E-state index is 0.262. The molecule has 1 aromatic rings. The van der Waals surface area contributed by atoms with Gasteiger partial charge in [-0.05, 0) is 18.9 Å². The van der Waals surface area contributed by atoms with Gasteiger partial charge < -0.3 is 4.74 Å². The molecule has 1 aromatic carbocycles. The highest BCUT2D eigenvalue weighted by atomic mass is 16.6. The molecule has 0 atom stereocenters. The van der Waals surface area contributed by atoms with E-state index in [1.165, 1.54) is 6.07 Å². The van der Waals surface area contributed by atoms with E-state index in [1.807, 2.05) is 0 Å². The molecular formula is C15H17N3O7. The van der Waals surface area contributed by atoms with Gasteiger partial charge in [0.15, 0.2) is 0 Å². The highest BCUT2D eigenvalue weighted by Crippen LogP contribution is 2.29. The summed E-state index contributed by atoms with van der Waals surface area (Å²) in [6.07, 6.45) is 3.17. The number of ether oxygens (including phenoxy) is 1. The van der Waals surface area contributed by atoms with Crippen molar-refractivity contribution in [3.63, 3.8) is 0 Å². The fourth-order valence-corrected chi connectivity index (χ4v) is 2.79. The van der Waals surface area contributed by atoms with Crippen molar-refractivity contribution in [3.8, 4) is 0 Å². The van der Waals surface area contributed by atoms with E-state index in [-0.39, 0.29) is 11.5 Å². The molecule has 0 heterocycles. The van der Waals surface area contributed by atoms with Crippen LogP contribution in [0.25, 0.3) is 0 Å². The number of nitro groups is 2. The van der Waals surface area contributed by atoms with Crippen LogP contribution in [0.2, 0.25) is 0 Å². The molecule has 1 N–H and O–H groups in total. The number of hydrogen-bond acceptors (Lipinski definition) is 7. The Balaban J connectivity index is 2.02. The smallest absolute Gasteiger partial charge is 0.414 e. The van der Waals surface area contributed by atoms with E-state index >= 15 is 0 Å². The third-order valence-corrected chi connectivity index (χ3v) is 4.07. The van der Waals surface area contributed by atoms with E-state index in [0.717, 1.165) is 31.4 Å². The Morgan fingerprint density at radius 3 is 2.16 bits per heavy atom. The van der Waals surface area contributed by atoms with E-state index in [1.54, 1.807) is 0 Å². The Hall–Kier alpha value is -3.04. The van der Waals surface area contributed by atoms with E-state index in [4.69, 9.17) is 4.74 Å². The number of alkyl carbamates (subject to hydrolysis) is 1. The Bertz CT molecular complexity index is 666. The zero-order valence-electron chi connectivity index (χ0n) is 13.3. The molecule has 2 rings (SSSR count). The Labute approximate surface area is 142 Å². The maximum absolute atomic E-state index is 11.9. The number of benzene rings is 1. The van der Waals surface area contributed by atoms with Gasteiger partial charge in [-0.15, -0.1) is 0 Å². The van der Waals surface area contributed by atoms with Gasteiger partial charge in [0.25, 0.3) is 11.4 Å². The van der Waals surface area contributed by atoms with Crippen LogP contribution in [0.15, 0.2) is 18.2 Å². The Kier molecular flexibility index (Phi) is 5.98. The second kappa shape index (κ2) is 8.18. The zero-order chi connectivity index (χ0) is 18.4. The second-order valence-corrected chi connectivity index (χ2v) is 5.69. The fourth-order valence-electron chi connectivity index (χ4n) is 2.79. The van der Waals surface area contributed by atoms with Gasteiger partial charge in [0, 0.05) is 18.1 Å². The molecule has 0 aliphatic heterocycles. The molecule has 10 nitrogen and oxygen atoms in total. The number of rotatable bonds is 5. The number of carbonyl (C=O) groups is 2. The molecule has 0 saturated heterocycles. The van der Waals surface area contributed by atoms with Gasteiger partial charge in [0.05, 0.1) is 9.85 Å². The number of nitro benzene ring substituents is 2. The molecule has 25 heavy (non-hydrogen) atoms. The van der Waals surface area contributed by atoms with Crippen molar-refractivity contribution in [1.29, 1.82) is 0 Å².